The lowest BCUT2D eigenvalue weighted by atomic mass is 10.2. The molecule has 1 fully saturated rings. The first-order chi connectivity index (χ1) is 7.16. The summed E-state index contributed by atoms with van der Waals surface area (Å²) >= 11 is 2.21. The predicted octanol–water partition coefficient (Wildman–Crippen LogP) is 1.46. The van der Waals surface area contributed by atoms with Gasteiger partial charge in [-0.2, -0.15) is 0 Å². The van der Waals surface area contributed by atoms with E-state index in [0.29, 0.717) is 6.54 Å². The number of benzene rings is 1. The molecule has 0 radical (unpaired) electrons. The minimum Gasteiger partial charge on any atom is -0.337 e. The molecular formula is C11H13IN2O. The van der Waals surface area contributed by atoms with Gasteiger partial charge in [0.2, 0.25) is 0 Å². The Labute approximate surface area is 103 Å². The Kier molecular flexibility index (Phi) is 3.25. The van der Waals surface area contributed by atoms with Crippen molar-refractivity contribution in [2.75, 3.05) is 13.1 Å². The van der Waals surface area contributed by atoms with Crippen LogP contribution in [-0.2, 0) is 0 Å². The van der Waals surface area contributed by atoms with E-state index < -0.39 is 0 Å². The first-order valence-corrected chi connectivity index (χ1v) is 6.05. The van der Waals surface area contributed by atoms with Crippen molar-refractivity contribution in [1.82, 2.24) is 4.90 Å². The summed E-state index contributed by atoms with van der Waals surface area (Å²) in [5.74, 6) is 0.0986. The minimum atomic E-state index is 0.0986. The number of carbonyl (C=O) groups is 1. The molecule has 1 aromatic carbocycles. The largest absolute Gasteiger partial charge is 0.337 e. The molecule has 0 bridgehead atoms. The van der Waals surface area contributed by atoms with E-state index in [4.69, 9.17) is 5.73 Å². The fourth-order valence-corrected chi connectivity index (χ4v) is 2.32. The fraction of sp³-hybridized carbons (Fsp3) is 0.364. The summed E-state index contributed by atoms with van der Waals surface area (Å²) < 4.78 is 1.09. The molecule has 1 amide bonds. The summed E-state index contributed by atoms with van der Waals surface area (Å²) in [5, 5.41) is 0. The first-order valence-electron chi connectivity index (χ1n) is 4.97. The van der Waals surface area contributed by atoms with Gasteiger partial charge in [-0.25, -0.2) is 0 Å². The van der Waals surface area contributed by atoms with Crippen molar-refractivity contribution in [2.24, 2.45) is 5.73 Å². The van der Waals surface area contributed by atoms with Gasteiger partial charge in [-0.15, -0.1) is 0 Å². The third-order valence-corrected chi connectivity index (χ3v) is 3.25. The van der Waals surface area contributed by atoms with E-state index >= 15 is 0 Å². The summed E-state index contributed by atoms with van der Waals surface area (Å²) in [6.07, 6.45) is 0.912. The Morgan fingerprint density at radius 1 is 1.53 bits per heavy atom. The Morgan fingerprint density at radius 2 is 2.33 bits per heavy atom. The molecule has 2 rings (SSSR count). The third kappa shape index (κ3) is 2.49. The van der Waals surface area contributed by atoms with Gasteiger partial charge in [-0.05, 0) is 47.2 Å². The highest BCUT2D eigenvalue weighted by atomic mass is 127. The van der Waals surface area contributed by atoms with E-state index in [-0.39, 0.29) is 11.9 Å². The zero-order valence-electron chi connectivity index (χ0n) is 8.32. The molecule has 0 aliphatic carbocycles. The molecule has 0 aromatic heterocycles. The summed E-state index contributed by atoms with van der Waals surface area (Å²) in [6, 6.07) is 7.80. The normalized spacial score (nSPS) is 20.7. The standard InChI is InChI=1S/C11H13IN2O/c12-9-3-1-2-8(6-9)11(15)14-5-4-10(13)7-14/h1-3,6,10H,4-5,7,13H2/t10-/m1/s1. The third-order valence-electron chi connectivity index (χ3n) is 2.58. The molecule has 1 aliphatic heterocycles. The Morgan fingerprint density at radius 3 is 2.93 bits per heavy atom. The number of nitrogens with two attached hydrogens (primary N) is 1. The van der Waals surface area contributed by atoms with Crippen LogP contribution < -0.4 is 5.73 Å². The van der Waals surface area contributed by atoms with Gasteiger partial charge in [-0.3, -0.25) is 4.79 Å². The molecule has 1 atom stereocenters. The van der Waals surface area contributed by atoms with Crippen molar-refractivity contribution in [2.45, 2.75) is 12.5 Å². The van der Waals surface area contributed by atoms with Gasteiger partial charge < -0.3 is 10.6 Å². The van der Waals surface area contributed by atoms with Crippen molar-refractivity contribution in [1.29, 1.82) is 0 Å². The molecule has 0 saturated carbocycles. The number of nitrogens with zero attached hydrogens (tertiary/aromatic N) is 1. The molecule has 1 aliphatic rings. The molecule has 0 unspecified atom stereocenters. The van der Waals surface area contributed by atoms with Crippen LogP contribution in [0.5, 0.6) is 0 Å². The van der Waals surface area contributed by atoms with Crippen LogP contribution in [-0.4, -0.2) is 29.9 Å². The van der Waals surface area contributed by atoms with Crippen LogP contribution in [0.2, 0.25) is 0 Å². The van der Waals surface area contributed by atoms with Gasteiger partial charge in [0, 0.05) is 28.3 Å². The van der Waals surface area contributed by atoms with Crippen LogP contribution in [0.3, 0.4) is 0 Å². The van der Waals surface area contributed by atoms with Crippen LogP contribution in [0.25, 0.3) is 0 Å². The highest BCUT2D eigenvalue weighted by Gasteiger charge is 2.24. The predicted molar refractivity (Wildman–Crippen MR) is 67.7 cm³/mol. The fourth-order valence-electron chi connectivity index (χ4n) is 1.78. The minimum absolute atomic E-state index is 0.0986. The second-order valence-corrected chi connectivity index (χ2v) is 5.06. The van der Waals surface area contributed by atoms with E-state index in [1.165, 1.54) is 0 Å². The van der Waals surface area contributed by atoms with E-state index in [9.17, 15) is 4.79 Å². The average Bonchev–Trinajstić information content (AvgIpc) is 2.64. The number of amides is 1. The van der Waals surface area contributed by atoms with Crippen molar-refractivity contribution in [3.05, 3.63) is 33.4 Å². The van der Waals surface area contributed by atoms with E-state index in [2.05, 4.69) is 22.6 Å². The molecule has 1 aromatic rings. The van der Waals surface area contributed by atoms with Gasteiger partial charge >= 0.3 is 0 Å². The van der Waals surface area contributed by atoms with Gasteiger partial charge in [0.1, 0.15) is 0 Å². The Hall–Kier alpha value is -0.620. The van der Waals surface area contributed by atoms with Crippen LogP contribution in [0.1, 0.15) is 16.8 Å². The SMILES string of the molecule is N[C@@H]1CCN(C(=O)c2cccc(I)c2)C1. The van der Waals surface area contributed by atoms with Crippen molar-refractivity contribution >= 4 is 28.5 Å². The lowest BCUT2D eigenvalue weighted by Gasteiger charge is -2.15. The van der Waals surface area contributed by atoms with Crippen LogP contribution in [0.15, 0.2) is 24.3 Å². The lowest BCUT2D eigenvalue weighted by molar-refractivity contribution is 0.0791. The zero-order chi connectivity index (χ0) is 10.8. The van der Waals surface area contributed by atoms with Crippen molar-refractivity contribution in [3.8, 4) is 0 Å². The van der Waals surface area contributed by atoms with Crippen LogP contribution in [0, 0.1) is 3.57 Å². The Bertz CT molecular complexity index is 381. The van der Waals surface area contributed by atoms with E-state index in [1.54, 1.807) is 0 Å². The monoisotopic (exact) mass is 316 g/mol. The number of hydrogen-bond donors (Lipinski definition) is 1. The summed E-state index contributed by atoms with van der Waals surface area (Å²) in [4.78, 5) is 13.8. The quantitative estimate of drug-likeness (QED) is 0.798. The number of rotatable bonds is 1. The molecule has 80 valence electrons. The highest BCUT2D eigenvalue weighted by molar-refractivity contribution is 14.1. The van der Waals surface area contributed by atoms with Gasteiger partial charge in [0.25, 0.3) is 5.91 Å². The topological polar surface area (TPSA) is 46.3 Å². The first kappa shape index (κ1) is 10.9. The number of carbonyl (C=O) groups excluding carboxylic acids is 1. The molecule has 0 spiro atoms. The lowest BCUT2D eigenvalue weighted by Crippen LogP contribution is -2.31. The van der Waals surface area contributed by atoms with E-state index in [1.807, 2.05) is 29.2 Å². The van der Waals surface area contributed by atoms with Crippen molar-refractivity contribution < 1.29 is 4.79 Å². The molecule has 1 heterocycles. The maximum atomic E-state index is 12.0. The molecule has 1 saturated heterocycles. The number of hydrogen-bond acceptors (Lipinski definition) is 2. The molecule has 15 heavy (non-hydrogen) atoms. The summed E-state index contributed by atoms with van der Waals surface area (Å²) in [6.45, 7) is 1.47. The highest BCUT2D eigenvalue weighted by Crippen LogP contribution is 2.14. The van der Waals surface area contributed by atoms with E-state index in [0.717, 1.165) is 22.1 Å². The maximum Gasteiger partial charge on any atom is 0.253 e. The van der Waals surface area contributed by atoms with Crippen LogP contribution in [0.4, 0.5) is 0 Å². The summed E-state index contributed by atoms with van der Waals surface area (Å²) in [7, 11) is 0. The van der Waals surface area contributed by atoms with Crippen molar-refractivity contribution in [3.63, 3.8) is 0 Å². The molecule has 3 nitrogen and oxygen atoms in total. The Balaban J connectivity index is 2.14. The smallest absolute Gasteiger partial charge is 0.253 e. The average molecular weight is 316 g/mol. The second-order valence-electron chi connectivity index (χ2n) is 3.81. The zero-order valence-corrected chi connectivity index (χ0v) is 10.5. The summed E-state index contributed by atoms with van der Waals surface area (Å²) in [5.41, 5.74) is 6.54. The molecular weight excluding hydrogens is 303 g/mol. The van der Waals surface area contributed by atoms with Gasteiger partial charge in [0.15, 0.2) is 0 Å². The van der Waals surface area contributed by atoms with Crippen LogP contribution >= 0.6 is 22.6 Å². The second kappa shape index (κ2) is 4.49. The number of halogens is 1. The maximum absolute atomic E-state index is 12.0. The number of likely N-dealkylation sites (tertiary alicyclic amines) is 1. The van der Waals surface area contributed by atoms with Gasteiger partial charge in [0.05, 0.1) is 0 Å². The van der Waals surface area contributed by atoms with Gasteiger partial charge in [-0.1, -0.05) is 6.07 Å². The molecule has 2 N–H and O–H groups in total. The molecule has 4 heteroatoms.